The molecule has 0 saturated carbocycles. The van der Waals surface area contributed by atoms with Gasteiger partial charge in [0.15, 0.2) is 0 Å². The lowest BCUT2D eigenvalue weighted by molar-refractivity contribution is 0.591. The van der Waals surface area contributed by atoms with Crippen LogP contribution in [0, 0.1) is 0 Å². The van der Waals surface area contributed by atoms with E-state index in [1.807, 2.05) is 0 Å². The van der Waals surface area contributed by atoms with Gasteiger partial charge < -0.3 is 5.73 Å². The Labute approximate surface area is 68.7 Å². The molecule has 0 saturated heterocycles. The largest absolute Gasteiger partial charge is 0.384 e. The summed E-state index contributed by atoms with van der Waals surface area (Å²) in [5.74, 6) is -0.141. The van der Waals surface area contributed by atoms with Crippen molar-refractivity contribution in [1.82, 2.24) is 8.96 Å². The Morgan fingerprint density at radius 2 is 2.17 bits per heavy atom. The van der Waals surface area contributed by atoms with Gasteiger partial charge in [-0.25, -0.2) is 18.2 Å². The molecule has 0 unspecified atom stereocenters. The van der Waals surface area contributed by atoms with Gasteiger partial charge in [-0.05, 0) is 6.07 Å². The molecule has 2 N–H and O–H groups in total. The van der Waals surface area contributed by atoms with Crippen LogP contribution in [-0.4, -0.2) is 23.6 Å². The minimum absolute atomic E-state index is 0.141. The van der Waals surface area contributed by atoms with E-state index in [1.54, 1.807) is 0 Å². The molecular formula is C5H7N3O3S. The van der Waals surface area contributed by atoms with Crippen molar-refractivity contribution < 1.29 is 8.42 Å². The monoisotopic (exact) mass is 189 g/mol. The van der Waals surface area contributed by atoms with Gasteiger partial charge in [-0.15, -0.1) is 0 Å². The highest BCUT2D eigenvalue weighted by atomic mass is 32.2. The summed E-state index contributed by atoms with van der Waals surface area (Å²) >= 11 is 0. The lowest BCUT2D eigenvalue weighted by Gasteiger charge is -2.03. The summed E-state index contributed by atoms with van der Waals surface area (Å²) in [6.07, 6.45) is 2.03. The second kappa shape index (κ2) is 2.59. The van der Waals surface area contributed by atoms with Gasteiger partial charge in [0, 0.05) is 6.20 Å². The molecule has 0 fully saturated rings. The maximum absolute atomic E-state index is 10.9. The van der Waals surface area contributed by atoms with Crippen LogP contribution in [0.3, 0.4) is 0 Å². The van der Waals surface area contributed by atoms with E-state index in [9.17, 15) is 13.2 Å². The van der Waals surface area contributed by atoms with Crippen LogP contribution in [0.2, 0.25) is 0 Å². The molecule has 1 aromatic rings. The zero-order valence-corrected chi connectivity index (χ0v) is 7.08. The van der Waals surface area contributed by atoms with Gasteiger partial charge in [-0.3, -0.25) is 0 Å². The first kappa shape index (κ1) is 8.72. The molecule has 0 radical (unpaired) electrons. The van der Waals surface area contributed by atoms with E-state index in [-0.39, 0.29) is 5.82 Å². The summed E-state index contributed by atoms with van der Waals surface area (Å²) in [5, 5.41) is 0. The topological polar surface area (TPSA) is 95.1 Å². The summed E-state index contributed by atoms with van der Waals surface area (Å²) in [6, 6.07) is 1.24. The second-order valence-corrected chi connectivity index (χ2v) is 4.01. The van der Waals surface area contributed by atoms with E-state index in [4.69, 9.17) is 5.73 Å². The maximum Gasteiger partial charge on any atom is 0.363 e. The molecule has 0 aliphatic heterocycles. The molecule has 1 heterocycles. The normalized spacial score (nSPS) is 11.4. The Balaban J connectivity index is 3.65. The lowest BCUT2D eigenvalue weighted by atomic mass is 10.6. The average molecular weight is 189 g/mol. The van der Waals surface area contributed by atoms with E-state index in [1.165, 1.54) is 6.07 Å². The van der Waals surface area contributed by atoms with Crippen LogP contribution >= 0.6 is 0 Å². The number of anilines is 1. The van der Waals surface area contributed by atoms with E-state index < -0.39 is 15.7 Å². The Hall–Kier alpha value is -1.37. The molecule has 0 amide bonds. The van der Waals surface area contributed by atoms with Crippen molar-refractivity contribution in [1.29, 1.82) is 0 Å². The first-order valence-electron chi connectivity index (χ1n) is 2.97. The summed E-state index contributed by atoms with van der Waals surface area (Å²) < 4.78 is 22.3. The summed E-state index contributed by atoms with van der Waals surface area (Å²) in [6.45, 7) is 0. The number of nitrogens with zero attached hydrogens (tertiary/aromatic N) is 2. The molecule has 0 aliphatic carbocycles. The molecule has 0 aliphatic rings. The quantitative estimate of drug-likeness (QED) is 0.588. The lowest BCUT2D eigenvalue weighted by Crippen LogP contribution is -2.30. The zero-order chi connectivity index (χ0) is 9.35. The van der Waals surface area contributed by atoms with Gasteiger partial charge in [0.25, 0.3) is 0 Å². The predicted octanol–water partition coefficient (Wildman–Crippen LogP) is -1.37. The van der Waals surface area contributed by atoms with E-state index in [0.29, 0.717) is 3.97 Å². The fourth-order valence-corrected chi connectivity index (χ4v) is 1.52. The number of hydrogen-bond acceptors (Lipinski definition) is 5. The summed E-state index contributed by atoms with van der Waals surface area (Å²) in [5.41, 5.74) is 4.36. The van der Waals surface area contributed by atoms with Crippen molar-refractivity contribution in [3.8, 4) is 0 Å². The van der Waals surface area contributed by atoms with Crippen LogP contribution < -0.4 is 11.4 Å². The van der Waals surface area contributed by atoms with Crippen LogP contribution in [-0.2, 0) is 10.0 Å². The van der Waals surface area contributed by atoms with Gasteiger partial charge in [0.05, 0.1) is 6.26 Å². The van der Waals surface area contributed by atoms with Crippen molar-refractivity contribution in [2.24, 2.45) is 0 Å². The first-order chi connectivity index (χ1) is 5.43. The Bertz CT molecular complexity index is 447. The fourth-order valence-electron chi connectivity index (χ4n) is 0.741. The number of nitrogen functional groups attached to an aromatic ring is 1. The second-order valence-electron chi connectivity index (χ2n) is 2.18. The van der Waals surface area contributed by atoms with Gasteiger partial charge in [-0.1, -0.05) is 0 Å². The van der Waals surface area contributed by atoms with Crippen molar-refractivity contribution in [3.05, 3.63) is 22.7 Å². The first-order valence-corrected chi connectivity index (χ1v) is 4.82. The molecule has 6 nitrogen and oxygen atoms in total. The highest BCUT2D eigenvalue weighted by molar-refractivity contribution is 7.89. The SMILES string of the molecule is CS(=O)(=O)n1c(N)ccnc1=O. The third-order valence-corrected chi connectivity index (χ3v) is 2.20. The highest BCUT2D eigenvalue weighted by Crippen LogP contribution is 1.98. The molecular weight excluding hydrogens is 182 g/mol. The molecule has 12 heavy (non-hydrogen) atoms. The third kappa shape index (κ3) is 1.45. The summed E-state index contributed by atoms with van der Waals surface area (Å²) in [4.78, 5) is 14.1. The van der Waals surface area contributed by atoms with Gasteiger partial charge in [0.2, 0.25) is 10.0 Å². The molecule has 7 heteroatoms. The van der Waals surface area contributed by atoms with Crippen molar-refractivity contribution in [2.75, 3.05) is 12.0 Å². The Kier molecular flexibility index (Phi) is 1.89. The van der Waals surface area contributed by atoms with Crippen LogP contribution in [0.25, 0.3) is 0 Å². The van der Waals surface area contributed by atoms with E-state index >= 15 is 0 Å². The third-order valence-electron chi connectivity index (χ3n) is 1.17. The Morgan fingerprint density at radius 1 is 1.58 bits per heavy atom. The van der Waals surface area contributed by atoms with Crippen LogP contribution in [0.5, 0.6) is 0 Å². The molecule has 1 rings (SSSR count). The van der Waals surface area contributed by atoms with Gasteiger partial charge >= 0.3 is 5.69 Å². The Morgan fingerprint density at radius 3 is 2.50 bits per heavy atom. The molecule has 0 spiro atoms. The van der Waals surface area contributed by atoms with E-state index in [0.717, 1.165) is 12.5 Å². The molecule has 0 aromatic carbocycles. The number of hydrogen-bond donors (Lipinski definition) is 1. The van der Waals surface area contributed by atoms with Crippen molar-refractivity contribution in [3.63, 3.8) is 0 Å². The van der Waals surface area contributed by atoms with Gasteiger partial charge in [0.1, 0.15) is 5.82 Å². The van der Waals surface area contributed by atoms with Crippen LogP contribution in [0.4, 0.5) is 5.82 Å². The van der Waals surface area contributed by atoms with Crippen LogP contribution in [0.1, 0.15) is 0 Å². The van der Waals surface area contributed by atoms with E-state index in [2.05, 4.69) is 4.98 Å². The van der Waals surface area contributed by atoms with Gasteiger partial charge in [-0.2, -0.15) is 3.97 Å². The molecule has 1 aromatic heterocycles. The van der Waals surface area contributed by atoms with Crippen LogP contribution in [0.15, 0.2) is 17.1 Å². The highest BCUT2D eigenvalue weighted by Gasteiger charge is 2.10. The smallest absolute Gasteiger partial charge is 0.363 e. The zero-order valence-electron chi connectivity index (χ0n) is 6.26. The molecule has 66 valence electrons. The minimum Gasteiger partial charge on any atom is -0.384 e. The van der Waals surface area contributed by atoms with Crippen molar-refractivity contribution in [2.45, 2.75) is 0 Å². The number of aromatic nitrogens is 2. The average Bonchev–Trinajstić information content (AvgIpc) is 1.82. The minimum atomic E-state index is -3.65. The fraction of sp³-hybridized carbons (Fsp3) is 0.200. The summed E-state index contributed by atoms with van der Waals surface area (Å²) in [7, 11) is -3.65. The standard InChI is InChI=1S/C5H7N3O3S/c1-12(10,11)8-4(6)2-3-7-5(8)9/h2-3H,6H2,1H3. The predicted molar refractivity (Wildman–Crippen MR) is 43.2 cm³/mol. The molecule has 0 bridgehead atoms. The maximum atomic E-state index is 10.9. The van der Waals surface area contributed by atoms with Crippen molar-refractivity contribution >= 4 is 15.8 Å². The number of rotatable bonds is 1. The number of nitrogens with two attached hydrogens (primary N) is 1. The molecule has 0 atom stereocenters.